The van der Waals surface area contributed by atoms with Crippen molar-refractivity contribution in [3.8, 4) is 11.5 Å². The molecular formula is C17H16FNO4. The van der Waals surface area contributed by atoms with Gasteiger partial charge in [0.25, 0.3) is 5.91 Å². The highest BCUT2D eigenvalue weighted by Gasteiger charge is 2.16. The second-order valence-electron chi connectivity index (χ2n) is 5.18. The lowest BCUT2D eigenvalue weighted by molar-refractivity contribution is 0.0942. The van der Waals surface area contributed by atoms with E-state index in [0.717, 1.165) is 0 Å². The van der Waals surface area contributed by atoms with Gasteiger partial charge in [0.2, 0.25) is 6.79 Å². The van der Waals surface area contributed by atoms with Crippen molar-refractivity contribution in [2.75, 3.05) is 13.3 Å². The van der Waals surface area contributed by atoms with E-state index < -0.39 is 6.10 Å². The van der Waals surface area contributed by atoms with Crippen molar-refractivity contribution in [3.63, 3.8) is 0 Å². The molecule has 6 heteroatoms. The van der Waals surface area contributed by atoms with Gasteiger partial charge in [-0.3, -0.25) is 4.79 Å². The van der Waals surface area contributed by atoms with Gasteiger partial charge in [0.15, 0.2) is 11.5 Å². The highest BCUT2D eigenvalue weighted by atomic mass is 19.1. The van der Waals surface area contributed by atoms with Crippen LogP contribution in [0.5, 0.6) is 11.5 Å². The first-order valence-electron chi connectivity index (χ1n) is 7.25. The zero-order chi connectivity index (χ0) is 16.2. The standard InChI is InChI=1S/C17H16FNO4/c18-13-4-1-11(2-5-13)17(21)19-8-7-14(20)12-3-6-15-16(9-12)23-10-22-15/h1-6,9,14,20H,7-8,10H2,(H,19,21). The molecule has 2 aromatic rings. The summed E-state index contributed by atoms with van der Waals surface area (Å²) in [6.45, 7) is 0.481. The van der Waals surface area contributed by atoms with Gasteiger partial charge >= 0.3 is 0 Å². The smallest absolute Gasteiger partial charge is 0.251 e. The first kappa shape index (κ1) is 15.3. The Hall–Kier alpha value is -2.60. The van der Waals surface area contributed by atoms with Crippen LogP contribution in [0.3, 0.4) is 0 Å². The summed E-state index contributed by atoms with van der Waals surface area (Å²) in [5, 5.41) is 12.9. The van der Waals surface area contributed by atoms with E-state index in [-0.39, 0.29) is 18.5 Å². The molecule has 2 aromatic carbocycles. The average Bonchev–Trinajstić information content (AvgIpc) is 3.02. The van der Waals surface area contributed by atoms with E-state index in [1.807, 2.05) is 0 Å². The predicted octanol–water partition coefficient (Wildman–Crippen LogP) is 2.41. The van der Waals surface area contributed by atoms with Crippen LogP contribution in [0.2, 0.25) is 0 Å². The zero-order valence-corrected chi connectivity index (χ0v) is 12.3. The van der Waals surface area contributed by atoms with Crippen molar-refractivity contribution in [2.24, 2.45) is 0 Å². The fourth-order valence-corrected chi connectivity index (χ4v) is 2.31. The molecule has 3 rings (SSSR count). The molecule has 2 N–H and O–H groups in total. The lowest BCUT2D eigenvalue weighted by atomic mass is 10.1. The number of aliphatic hydroxyl groups is 1. The number of amides is 1. The Bertz CT molecular complexity index is 702. The maximum Gasteiger partial charge on any atom is 0.251 e. The number of halogens is 1. The third-order valence-electron chi connectivity index (χ3n) is 3.59. The monoisotopic (exact) mass is 317 g/mol. The fraction of sp³-hybridized carbons (Fsp3) is 0.235. The van der Waals surface area contributed by atoms with Gasteiger partial charge in [0.1, 0.15) is 5.82 Å². The van der Waals surface area contributed by atoms with E-state index in [1.54, 1.807) is 18.2 Å². The minimum Gasteiger partial charge on any atom is -0.454 e. The summed E-state index contributed by atoms with van der Waals surface area (Å²) >= 11 is 0. The second-order valence-corrected chi connectivity index (χ2v) is 5.18. The predicted molar refractivity (Wildman–Crippen MR) is 80.9 cm³/mol. The number of hydrogen-bond donors (Lipinski definition) is 2. The van der Waals surface area contributed by atoms with Crippen molar-refractivity contribution >= 4 is 5.91 Å². The molecule has 120 valence electrons. The number of carbonyl (C=O) groups excluding carboxylic acids is 1. The van der Waals surface area contributed by atoms with E-state index in [2.05, 4.69) is 5.32 Å². The molecule has 1 amide bonds. The second kappa shape index (κ2) is 6.66. The van der Waals surface area contributed by atoms with Crippen LogP contribution in [-0.2, 0) is 0 Å². The Morgan fingerprint density at radius 2 is 1.91 bits per heavy atom. The van der Waals surface area contributed by atoms with E-state index in [9.17, 15) is 14.3 Å². The Balaban J connectivity index is 1.52. The number of aliphatic hydroxyl groups excluding tert-OH is 1. The quantitative estimate of drug-likeness (QED) is 0.888. The zero-order valence-electron chi connectivity index (χ0n) is 12.3. The summed E-state index contributed by atoms with van der Waals surface area (Å²) in [6.07, 6.45) is -0.370. The van der Waals surface area contributed by atoms with Gasteiger partial charge < -0.3 is 19.9 Å². The van der Waals surface area contributed by atoms with Crippen LogP contribution in [0.25, 0.3) is 0 Å². The number of rotatable bonds is 5. The van der Waals surface area contributed by atoms with E-state index >= 15 is 0 Å². The van der Waals surface area contributed by atoms with Gasteiger partial charge in [0, 0.05) is 12.1 Å². The van der Waals surface area contributed by atoms with Gasteiger partial charge in [-0.15, -0.1) is 0 Å². The van der Waals surface area contributed by atoms with Crippen LogP contribution in [0.15, 0.2) is 42.5 Å². The summed E-state index contributed by atoms with van der Waals surface area (Å²) < 4.78 is 23.3. The molecule has 0 saturated heterocycles. The SMILES string of the molecule is O=C(NCCC(O)c1ccc2c(c1)OCO2)c1ccc(F)cc1. The normalized spacial score (nSPS) is 13.7. The van der Waals surface area contributed by atoms with Crippen molar-refractivity contribution in [3.05, 3.63) is 59.4 Å². The highest BCUT2D eigenvalue weighted by molar-refractivity contribution is 5.94. The lowest BCUT2D eigenvalue weighted by Crippen LogP contribution is -2.25. The van der Waals surface area contributed by atoms with Crippen molar-refractivity contribution in [2.45, 2.75) is 12.5 Å². The molecule has 1 unspecified atom stereocenters. The Morgan fingerprint density at radius 3 is 2.70 bits per heavy atom. The van der Waals surface area contributed by atoms with Gasteiger partial charge in [-0.25, -0.2) is 4.39 Å². The first-order chi connectivity index (χ1) is 11.1. The molecule has 1 aliphatic heterocycles. The maximum atomic E-state index is 12.8. The van der Waals surface area contributed by atoms with Gasteiger partial charge in [-0.05, 0) is 48.4 Å². The van der Waals surface area contributed by atoms with Crippen LogP contribution in [0.4, 0.5) is 4.39 Å². The summed E-state index contributed by atoms with van der Waals surface area (Å²) in [6, 6.07) is 10.5. The summed E-state index contributed by atoms with van der Waals surface area (Å²) in [4.78, 5) is 11.9. The van der Waals surface area contributed by atoms with E-state index in [4.69, 9.17) is 9.47 Å². The lowest BCUT2D eigenvalue weighted by Gasteiger charge is -2.12. The van der Waals surface area contributed by atoms with Crippen LogP contribution in [-0.4, -0.2) is 24.4 Å². The molecule has 1 aliphatic rings. The molecule has 0 bridgehead atoms. The molecule has 1 heterocycles. The Kier molecular flexibility index (Phi) is 4.43. The topological polar surface area (TPSA) is 67.8 Å². The molecule has 0 fully saturated rings. The minimum absolute atomic E-state index is 0.183. The largest absolute Gasteiger partial charge is 0.454 e. The Morgan fingerprint density at radius 1 is 1.17 bits per heavy atom. The fourth-order valence-electron chi connectivity index (χ4n) is 2.31. The van der Waals surface area contributed by atoms with E-state index in [0.29, 0.717) is 35.6 Å². The number of carbonyl (C=O) groups is 1. The summed E-state index contributed by atoms with van der Waals surface area (Å²) in [7, 11) is 0. The van der Waals surface area contributed by atoms with Crippen molar-refractivity contribution < 1.29 is 23.8 Å². The molecular weight excluding hydrogens is 301 g/mol. The molecule has 0 aromatic heterocycles. The molecule has 0 radical (unpaired) electrons. The third-order valence-corrected chi connectivity index (χ3v) is 3.59. The molecule has 23 heavy (non-hydrogen) atoms. The summed E-state index contributed by atoms with van der Waals surface area (Å²) in [5.41, 5.74) is 1.08. The van der Waals surface area contributed by atoms with Gasteiger partial charge in [0.05, 0.1) is 6.10 Å². The summed E-state index contributed by atoms with van der Waals surface area (Å²) in [5.74, 6) is 0.574. The van der Waals surface area contributed by atoms with Crippen LogP contribution in [0.1, 0.15) is 28.4 Å². The van der Waals surface area contributed by atoms with Gasteiger partial charge in [-0.1, -0.05) is 6.07 Å². The maximum absolute atomic E-state index is 12.8. The van der Waals surface area contributed by atoms with Crippen LogP contribution in [0, 0.1) is 5.82 Å². The van der Waals surface area contributed by atoms with Crippen molar-refractivity contribution in [1.29, 1.82) is 0 Å². The first-order valence-corrected chi connectivity index (χ1v) is 7.25. The minimum atomic E-state index is -0.724. The van der Waals surface area contributed by atoms with E-state index in [1.165, 1.54) is 24.3 Å². The molecule has 1 atom stereocenters. The van der Waals surface area contributed by atoms with Gasteiger partial charge in [-0.2, -0.15) is 0 Å². The average molecular weight is 317 g/mol. The van der Waals surface area contributed by atoms with Crippen LogP contribution < -0.4 is 14.8 Å². The number of nitrogens with one attached hydrogen (secondary N) is 1. The number of fused-ring (bicyclic) bond motifs is 1. The number of benzene rings is 2. The third kappa shape index (κ3) is 3.60. The Labute approximate surface area is 132 Å². The molecule has 0 aliphatic carbocycles. The van der Waals surface area contributed by atoms with Crippen molar-refractivity contribution in [1.82, 2.24) is 5.32 Å². The number of ether oxygens (including phenoxy) is 2. The molecule has 0 saturated carbocycles. The molecule has 0 spiro atoms. The van der Waals surface area contributed by atoms with Crippen LogP contribution >= 0.6 is 0 Å². The molecule has 5 nitrogen and oxygen atoms in total. The number of hydrogen-bond acceptors (Lipinski definition) is 4. The highest BCUT2D eigenvalue weighted by Crippen LogP contribution is 2.34.